The van der Waals surface area contributed by atoms with Crippen LogP contribution in [0.1, 0.15) is 0 Å². The summed E-state index contributed by atoms with van der Waals surface area (Å²) in [5.74, 6) is 0. The minimum absolute atomic E-state index is 1.25. The summed E-state index contributed by atoms with van der Waals surface area (Å²) in [5, 5.41) is 15.4. The summed E-state index contributed by atoms with van der Waals surface area (Å²) in [6.07, 6.45) is 0. The number of benzene rings is 10. The average Bonchev–Trinajstić information content (AvgIpc) is 3.59. The number of fused-ring (bicyclic) bond motifs is 9. The van der Waals surface area contributed by atoms with Crippen molar-refractivity contribution >= 4 is 85.4 Å². The predicted molar refractivity (Wildman–Crippen MR) is 223 cm³/mol. The van der Waals surface area contributed by atoms with Gasteiger partial charge in [-0.25, -0.2) is 0 Å². The smallest absolute Gasteiger partial charge is 0.0434 e. The molecule has 0 saturated carbocycles. The highest BCUT2D eigenvalue weighted by Crippen LogP contribution is 2.48. The van der Waals surface area contributed by atoms with Crippen LogP contribution in [0.25, 0.3) is 107 Å². The maximum absolute atomic E-state index is 2.38. The van der Waals surface area contributed by atoms with E-state index < -0.39 is 0 Å². The summed E-state index contributed by atoms with van der Waals surface area (Å²) in [5.41, 5.74) is 7.66. The fourth-order valence-electron chi connectivity index (χ4n) is 8.56. The molecule has 0 fully saturated rings. The molecule has 1 heteroatoms. The van der Waals surface area contributed by atoms with Gasteiger partial charge < -0.3 is 0 Å². The highest BCUT2D eigenvalue weighted by Gasteiger charge is 2.20. The molecule has 0 aliphatic heterocycles. The van der Waals surface area contributed by atoms with Gasteiger partial charge >= 0.3 is 0 Å². The van der Waals surface area contributed by atoms with Crippen LogP contribution in [0.4, 0.5) is 0 Å². The van der Waals surface area contributed by atoms with E-state index in [9.17, 15) is 0 Å². The Hall–Kier alpha value is -6.28. The molecule has 0 spiro atoms. The van der Waals surface area contributed by atoms with Gasteiger partial charge in [-0.05, 0) is 87.7 Å². The van der Waals surface area contributed by atoms with Gasteiger partial charge in [0.25, 0.3) is 0 Å². The quantitative estimate of drug-likeness (QED) is 0.165. The van der Waals surface area contributed by atoms with Crippen LogP contribution in [0.3, 0.4) is 0 Å². The molecule has 0 N–H and O–H groups in total. The third kappa shape index (κ3) is 4.26. The standard InChI is InChI=1S/C50H30S/c1-2-14-33-30-34(25-24-31(33)12-1)47-39-18-7-9-20-41(39)48(42-21-10-8-19-40(42)47)43-29-28-38(36-16-5-6-17-37(36)43)44-22-11-23-45-46-27-26-32-13-3-4-15-35(32)49(46)51-50(44)45/h1-30H. The molecule has 0 amide bonds. The topological polar surface area (TPSA) is 0 Å². The largest absolute Gasteiger partial charge is 0.134 e. The highest BCUT2D eigenvalue weighted by atomic mass is 32.1. The molecule has 51 heavy (non-hydrogen) atoms. The van der Waals surface area contributed by atoms with Crippen LogP contribution in [-0.2, 0) is 0 Å². The molecular formula is C50H30S. The molecule has 11 rings (SSSR count). The van der Waals surface area contributed by atoms with Gasteiger partial charge in [-0.1, -0.05) is 176 Å². The second-order valence-electron chi connectivity index (χ2n) is 13.6. The van der Waals surface area contributed by atoms with Crippen molar-refractivity contribution in [2.24, 2.45) is 0 Å². The first-order valence-corrected chi connectivity index (χ1v) is 18.4. The summed E-state index contributed by atoms with van der Waals surface area (Å²) in [7, 11) is 0. The molecule has 0 unspecified atom stereocenters. The third-order valence-electron chi connectivity index (χ3n) is 10.8. The van der Waals surface area contributed by atoms with Crippen molar-refractivity contribution in [3.05, 3.63) is 182 Å². The van der Waals surface area contributed by atoms with E-state index in [-0.39, 0.29) is 0 Å². The lowest BCUT2D eigenvalue weighted by Gasteiger charge is -2.20. The maximum Gasteiger partial charge on any atom is 0.0434 e. The van der Waals surface area contributed by atoms with Crippen molar-refractivity contribution < 1.29 is 0 Å². The molecule has 0 aliphatic rings. The third-order valence-corrected chi connectivity index (χ3v) is 12.1. The highest BCUT2D eigenvalue weighted by molar-refractivity contribution is 7.27. The summed E-state index contributed by atoms with van der Waals surface area (Å²) in [6.45, 7) is 0. The molecule has 0 radical (unpaired) electrons. The zero-order chi connectivity index (χ0) is 33.5. The normalized spacial score (nSPS) is 11.9. The van der Waals surface area contributed by atoms with E-state index in [2.05, 4.69) is 182 Å². The lowest BCUT2D eigenvalue weighted by Crippen LogP contribution is -1.92. The average molecular weight is 663 g/mol. The van der Waals surface area contributed by atoms with E-state index >= 15 is 0 Å². The fourth-order valence-corrected chi connectivity index (χ4v) is 9.93. The van der Waals surface area contributed by atoms with Gasteiger partial charge in [0.1, 0.15) is 0 Å². The van der Waals surface area contributed by atoms with Crippen molar-refractivity contribution in [2.75, 3.05) is 0 Å². The Morgan fingerprint density at radius 3 is 1.49 bits per heavy atom. The Morgan fingerprint density at radius 1 is 0.255 bits per heavy atom. The van der Waals surface area contributed by atoms with Crippen molar-refractivity contribution in [1.29, 1.82) is 0 Å². The summed E-state index contributed by atoms with van der Waals surface area (Å²) < 4.78 is 2.71. The molecule has 0 saturated heterocycles. The minimum Gasteiger partial charge on any atom is -0.134 e. The van der Waals surface area contributed by atoms with Crippen molar-refractivity contribution in [2.45, 2.75) is 0 Å². The molecule has 1 heterocycles. The van der Waals surface area contributed by atoms with E-state index in [4.69, 9.17) is 0 Å². The van der Waals surface area contributed by atoms with Gasteiger partial charge in [-0.15, -0.1) is 11.3 Å². The van der Waals surface area contributed by atoms with Crippen LogP contribution < -0.4 is 0 Å². The van der Waals surface area contributed by atoms with Crippen LogP contribution >= 0.6 is 11.3 Å². The lowest BCUT2D eigenvalue weighted by molar-refractivity contribution is 1.67. The fraction of sp³-hybridized carbons (Fsp3) is 0. The second kappa shape index (κ2) is 11.1. The molecule has 0 bridgehead atoms. The van der Waals surface area contributed by atoms with E-state index in [0.29, 0.717) is 0 Å². The molecule has 0 aliphatic carbocycles. The Labute approximate surface area is 299 Å². The summed E-state index contributed by atoms with van der Waals surface area (Å²) in [6, 6.07) is 67.4. The predicted octanol–water partition coefficient (Wildman–Crippen LogP) is 14.8. The minimum atomic E-state index is 1.25. The zero-order valence-corrected chi connectivity index (χ0v) is 28.5. The van der Waals surface area contributed by atoms with Crippen molar-refractivity contribution in [3.63, 3.8) is 0 Å². The van der Waals surface area contributed by atoms with Crippen molar-refractivity contribution in [3.8, 4) is 33.4 Å². The molecule has 10 aromatic carbocycles. The van der Waals surface area contributed by atoms with Crippen LogP contribution in [-0.4, -0.2) is 0 Å². The number of hydrogen-bond donors (Lipinski definition) is 0. The van der Waals surface area contributed by atoms with Crippen LogP contribution in [0.15, 0.2) is 182 Å². The molecule has 236 valence electrons. The second-order valence-corrected chi connectivity index (χ2v) is 14.6. The van der Waals surface area contributed by atoms with E-state index in [0.717, 1.165) is 0 Å². The summed E-state index contributed by atoms with van der Waals surface area (Å²) >= 11 is 1.93. The molecule has 1 aromatic heterocycles. The zero-order valence-electron chi connectivity index (χ0n) is 27.7. The monoisotopic (exact) mass is 662 g/mol. The molecule has 11 aromatic rings. The number of rotatable bonds is 3. The SMILES string of the molecule is c1ccc2cc(-c3c4ccccc4c(-c4ccc(-c5cccc6c5sc5c7ccccc7ccc65)c5ccccc45)c4ccccc34)ccc2c1. The first kappa shape index (κ1) is 28.5. The van der Waals surface area contributed by atoms with E-state index in [1.54, 1.807) is 0 Å². The first-order chi connectivity index (χ1) is 25.3. The van der Waals surface area contributed by atoms with Gasteiger partial charge in [-0.2, -0.15) is 0 Å². The van der Waals surface area contributed by atoms with Crippen LogP contribution in [0.2, 0.25) is 0 Å². The first-order valence-electron chi connectivity index (χ1n) is 17.6. The Balaban J connectivity index is 1.19. The van der Waals surface area contributed by atoms with Gasteiger partial charge in [0.05, 0.1) is 0 Å². The molecule has 0 nitrogen and oxygen atoms in total. The Kier molecular flexibility index (Phi) is 6.22. The summed E-state index contributed by atoms with van der Waals surface area (Å²) in [4.78, 5) is 0. The van der Waals surface area contributed by atoms with Crippen LogP contribution in [0, 0.1) is 0 Å². The lowest BCUT2D eigenvalue weighted by atomic mass is 9.83. The van der Waals surface area contributed by atoms with Gasteiger partial charge in [0.15, 0.2) is 0 Å². The van der Waals surface area contributed by atoms with Crippen LogP contribution in [0.5, 0.6) is 0 Å². The van der Waals surface area contributed by atoms with Gasteiger partial charge in [0, 0.05) is 25.7 Å². The number of hydrogen-bond acceptors (Lipinski definition) is 1. The molecule has 0 atom stereocenters. The number of thiophene rings is 1. The molecular weight excluding hydrogens is 633 g/mol. The van der Waals surface area contributed by atoms with Gasteiger partial charge in [0.2, 0.25) is 0 Å². The Morgan fingerprint density at radius 2 is 0.765 bits per heavy atom. The van der Waals surface area contributed by atoms with E-state index in [1.165, 1.54) is 107 Å². The van der Waals surface area contributed by atoms with E-state index in [1.807, 2.05) is 11.3 Å². The van der Waals surface area contributed by atoms with Gasteiger partial charge in [-0.3, -0.25) is 0 Å². The van der Waals surface area contributed by atoms with Crippen molar-refractivity contribution in [1.82, 2.24) is 0 Å². The Bertz CT molecular complexity index is 3140. The maximum atomic E-state index is 2.38.